The summed E-state index contributed by atoms with van der Waals surface area (Å²) in [5, 5.41) is 6.78. The standard InChI is InChI=1S/C18H37N5O/c1-3-19-18(20-8-5-15-24-16-17-6-7-17)21-9-10-23-13-11-22(4-2)12-14-23/h17H,3-16H2,1-2H3,(H2,19,20,21). The lowest BCUT2D eigenvalue weighted by molar-refractivity contribution is 0.123. The molecule has 0 unspecified atom stereocenters. The number of hydrogen-bond donors (Lipinski definition) is 2. The van der Waals surface area contributed by atoms with E-state index in [1.807, 2.05) is 0 Å². The molecule has 1 aliphatic carbocycles. The van der Waals surface area contributed by atoms with Crippen molar-refractivity contribution in [2.75, 3.05) is 72.1 Å². The van der Waals surface area contributed by atoms with Gasteiger partial charge in [-0.15, -0.1) is 0 Å². The molecule has 1 aliphatic heterocycles. The fourth-order valence-corrected chi connectivity index (χ4v) is 2.90. The average molecular weight is 340 g/mol. The first-order chi connectivity index (χ1) is 11.8. The summed E-state index contributed by atoms with van der Waals surface area (Å²) in [6.45, 7) is 15.9. The molecule has 6 nitrogen and oxygen atoms in total. The van der Waals surface area contributed by atoms with Gasteiger partial charge >= 0.3 is 0 Å². The Morgan fingerprint density at radius 1 is 1.08 bits per heavy atom. The number of likely N-dealkylation sites (N-methyl/N-ethyl adjacent to an activating group) is 1. The minimum absolute atomic E-state index is 0.829. The normalized spacial score (nSPS) is 20.3. The molecular formula is C18H37N5O. The summed E-state index contributed by atoms with van der Waals surface area (Å²) in [7, 11) is 0. The Balaban J connectivity index is 1.53. The van der Waals surface area contributed by atoms with Crippen molar-refractivity contribution in [1.82, 2.24) is 20.4 Å². The second-order valence-corrected chi connectivity index (χ2v) is 6.84. The average Bonchev–Trinajstić information content (AvgIpc) is 3.43. The molecule has 0 aromatic carbocycles. The van der Waals surface area contributed by atoms with E-state index >= 15 is 0 Å². The van der Waals surface area contributed by atoms with Gasteiger partial charge in [-0.25, -0.2) is 0 Å². The van der Waals surface area contributed by atoms with E-state index in [4.69, 9.17) is 4.74 Å². The van der Waals surface area contributed by atoms with Crippen LogP contribution in [0, 0.1) is 5.92 Å². The Kier molecular flexibility index (Phi) is 9.46. The Morgan fingerprint density at radius 2 is 1.83 bits per heavy atom. The van der Waals surface area contributed by atoms with Crippen LogP contribution >= 0.6 is 0 Å². The Morgan fingerprint density at radius 3 is 2.50 bits per heavy atom. The molecule has 2 fully saturated rings. The van der Waals surface area contributed by atoms with Crippen LogP contribution in [0.2, 0.25) is 0 Å². The van der Waals surface area contributed by atoms with Gasteiger partial charge in [0.15, 0.2) is 5.96 Å². The highest BCUT2D eigenvalue weighted by Crippen LogP contribution is 2.28. The third kappa shape index (κ3) is 8.31. The first-order valence-electron chi connectivity index (χ1n) is 9.86. The maximum absolute atomic E-state index is 5.66. The zero-order valence-electron chi connectivity index (χ0n) is 15.7. The molecule has 2 rings (SSSR count). The minimum atomic E-state index is 0.829. The molecule has 0 amide bonds. The van der Waals surface area contributed by atoms with Crippen molar-refractivity contribution in [3.63, 3.8) is 0 Å². The van der Waals surface area contributed by atoms with E-state index in [1.54, 1.807) is 0 Å². The molecule has 140 valence electrons. The predicted octanol–water partition coefficient (Wildman–Crippen LogP) is 0.996. The van der Waals surface area contributed by atoms with E-state index in [0.29, 0.717) is 0 Å². The van der Waals surface area contributed by atoms with Crippen LogP contribution in [0.3, 0.4) is 0 Å². The Hall–Kier alpha value is -0.850. The summed E-state index contributed by atoms with van der Waals surface area (Å²) >= 11 is 0. The number of piperazine rings is 1. The number of nitrogens with one attached hydrogen (secondary N) is 2. The van der Waals surface area contributed by atoms with Crippen LogP contribution in [0.4, 0.5) is 0 Å². The van der Waals surface area contributed by atoms with Gasteiger partial charge in [-0.3, -0.25) is 9.89 Å². The van der Waals surface area contributed by atoms with Crippen molar-refractivity contribution < 1.29 is 4.74 Å². The molecule has 0 aromatic heterocycles. The molecule has 0 radical (unpaired) electrons. The van der Waals surface area contributed by atoms with E-state index in [1.165, 1.54) is 45.6 Å². The van der Waals surface area contributed by atoms with Crippen molar-refractivity contribution in [2.24, 2.45) is 10.9 Å². The van der Waals surface area contributed by atoms with Gasteiger partial charge in [-0.1, -0.05) is 6.92 Å². The smallest absolute Gasteiger partial charge is 0.191 e. The second kappa shape index (κ2) is 11.7. The number of hydrogen-bond acceptors (Lipinski definition) is 4. The van der Waals surface area contributed by atoms with Crippen LogP contribution < -0.4 is 10.6 Å². The number of nitrogens with zero attached hydrogens (tertiary/aromatic N) is 3. The number of rotatable bonds is 11. The van der Waals surface area contributed by atoms with Crippen molar-refractivity contribution in [2.45, 2.75) is 33.1 Å². The van der Waals surface area contributed by atoms with E-state index in [-0.39, 0.29) is 0 Å². The Bertz CT molecular complexity index is 351. The predicted molar refractivity (Wildman–Crippen MR) is 101 cm³/mol. The molecule has 2 aliphatic rings. The summed E-state index contributed by atoms with van der Waals surface area (Å²) in [6, 6.07) is 0. The van der Waals surface area contributed by atoms with Gasteiger partial charge in [0.2, 0.25) is 0 Å². The van der Waals surface area contributed by atoms with Crippen LogP contribution in [-0.4, -0.2) is 87.9 Å². The van der Waals surface area contributed by atoms with E-state index in [9.17, 15) is 0 Å². The largest absolute Gasteiger partial charge is 0.381 e. The maximum atomic E-state index is 5.66. The van der Waals surface area contributed by atoms with E-state index in [2.05, 4.69) is 39.3 Å². The first kappa shape index (κ1) is 19.5. The van der Waals surface area contributed by atoms with Crippen LogP contribution in [0.15, 0.2) is 4.99 Å². The van der Waals surface area contributed by atoms with Crippen LogP contribution in [-0.2, 0) is 4.74 Å². The highest BCUT2D eigenvalue weighted by Gasteiger charge is 2.20. The van der Waals surface area contributed by atoms with Crippen molar-refractivity contribution >= 4 is 5.96 Å². The number of guanidine groups is 1. The van der Waals surface area contributed by atoms with Gasteiger partial charge in [0.1, 0.15) is 0 Å². The van der Waals surface area contributed by atoms with Gasteiger partial charge in [0.25, 0.3) is 0 Å². The molecule has 0 aromatic rings. The van der Waals surface area contributed by atoms with E-state index < -0.39 is 0 Å². The molecule has 0 atom stereocenters. The summed E-state index contributed by atoms with van der Waals surface area (Å²) in [5.41, 5.74) is 0. The number of aliphatic imine (C=N–C) groups is 1. The molecule has 1 saturated heterocycles. The Labute approximate surface area is 148 Å². The summed E-state index contributed by atoms with van der Waals surface area (Å²) in [6.07, 6.45) is 3.72. The summed E-state index contributed by atoms with van der Waals surface area (Å²) < 4.78 is 5.66. The topological polar surface area (TPSA) is 52.1 Å². The lowest BCUT2D eigenvalue weighted by Gasteiger charge is -2.34. The molecule has 1 heterocycles. The van der Waals surface area contributed by atoms with Gasteiger partial charge in [-0.2, -0.15) is 0 Å². The van der Waals surface area contributed by atoms with Crippen LogP contribution in [0.1, 0.15) is 33.1 Å². The van der Waals surface area contributed by atoms with Crippen LogP contribution in [0.5, 0.6) is 0 Å². The lowest BCUT2D eigenvalue weighted by Crippen LogP contribution is -2.49. The molecule has 0 spiro atoms. The van der Waals surface area contributed by atoms with Crippen molar-refractivity contribution in [3.8, 4) is 0 Å². The molecule has 24 heavy (non-hydrogen) atoms. The monoisotopic (exact) mass is 339 g/mol. The molecule has 2 N–H and O–H groups in total. The summed E-state index contributed by atoms with van der Waals surface area (Å²) in [4.78, 5) is 9.69. The van der Waals surface area contributed by atoms with Gasteiger partial charge < -0.3 is 20.3 Å². The highest BCUT2D eigenvalue weighted by molar-refractivity contribution is 5.79. The third-order valence-corrected chi connectivity index (χ3v) is 4.74. The molecule has 1 saturated carbocycles. The number of ether oxygens (including phenoxy) is 1. The first-order valence-corrected chi connectivity index (χ1v) is 9.86. The summed E-state index contributed by atoms with van der Waals surface area (Å²) in [5.74, 6) is 1.79. The molecule has 0 bridgehead atoms. The third-order valence-electron chi connectivity index (χ3n) is 4.74. The lowest BCUT2D eigenvalue weighted by atomic mass is 10.3. The van der Waals surface area contributed by atoms with Gasteiger partial charge in [0.05, 0.1) is 0 Å². The fraction of sp³-hybridized carbons (Fsp3) is 0.944. The van der Waals surface area contributed by atoms with Gasteiger partial charge in [0, 0.05) is 65.6 Å². The quantitative estimate of drug-likeness (QED) is 0.334. The zero-order valence-corrected chi connectivity index (χ0v) is 15.7. The zero-order chi connectivity index (χ0) is 17.0. The van der Waals surface area contributed by atoms with Crippen molar-refractivity contribution in [1.29, 1.82) is 0 Å². The van der Waals surface area contributed by atoms with Crippen molar-refractivity contribution in [3.05, 3.63) is 0 Å². The SMILES string of the molecule is CCNC(=NCCCOCC1CC1)NCCN1CCN(CC)CC1. The molecule has 6 heteroatoms. The highest BCUT2D eigenvalue weighted by atomic mass is 16.5. The fourth-order valence-electron chi connectivity index (χ4n) is 2.90. The maximum Gasteiger partial charge on any atom is 0.191 e. The molecular weight excluding hydrogens is 302 g/mol. The van der Waals surface area contributed by atoms with Crippen LogP contribution in [0.25, 0.3) is 0 Å². The second-order valence-electron chi connectivity index (χ2n) is 6.84. The van der Waals surface area contributed by atoms with Gasteiger partial charge in [-0.05, 0) is 38.6 Å². The minimum Gasteiger partial charge on any atom is -0.381 e. The van der Waals surface area contributed by atoms with E-state index in [0.717, 1.165) is 57.7 Å².